The second-order valence-electron chi connectivity index (χ2n) is 4.68. The van der Waals surface area contributed by atoms with Crippen LogP contribution in [0.4, 0.5) is 8.78 Å². The van der Waals surface area contributed by atoms with Gasteiger partial charge in [-0.15, -0.1) is 11.6 Å². The molecule has 0 aromatic heterocycles. The Morgan fingerprint density at radius 1 is 1.41 bits per heavy atom. The first-order valence-corrected chi connectivity index (χ1v) is 6.22. The van der Waals surface area contributed by atoms with Gasteiger partial charge in [-0.2, -0.15) is 0 Å². The molecule has 0 saturated carbocycles. The van der Waals surface area contributed by atoms with Crippen molar-refractivity contribution in [2.45, 2.75) is 25.9 Å². The van der Waals surface area contributed by atoms with Crippen LogP contribution in [0.25, 0.3) is 0 Å². The standard InChI is InChI=1S/C13H15ClF2O/c1-9-13(8-14,4-5-17-9)7-10-2-3-11(15)12(16)6-10/h2-3,6,9H,4-5,7-8H2,1H3. The zero-order valence-corrected chi connectivity index (χ0v) is 10.4. The molecular weight excluding hydrogens is 246 g/mol. The quantitative estimate of drug-likeness (QED) is 0.756. The summed E-state index contributed by atoms with van der Waals surface area (Å²) < 4.78 is 31.5. The molecule has 1 aromatic carbocycles. The normalized spacial score (nSPS) is 28.6. The Balaban J connectivity index is 2.21. The molecule has 4 heteroatoms. The summed E-state index contributed by atoms with van der Waals surface area (Å²) in [5.41, 5.74) is 0.605. The van der Waals surface area contributed by atoms with Crippen LogP contribution in [0, 0.1) is 17.0 Å². The average molecular weight is 261 g/mol. The van der Waals surface area contributed by atoms with Gasteiger partial charge in [-0.3, -0.25) is 0 Å². The second kappa shape index (κ2) is 4.91. The summed E-state index contributed by atoms with van der Waals surface area (Å²) in [7, 11) is 0. The molecule has 0 amide bonds. The number of hydrogen-bond acceptors (Lipinski definition) is 1. The Bertz CT molecular complexity index is 410. The Hall–Kier alpha value is -0.670. The Morgan fingerprint density at radius 3 is 2.71 bits per heavy atom. The summed E-state index contributed by atoms with van der Waals surface area (Å²) in [6.45, 7) is 2.66. The Labute approximate surface area is 105 Å². The van der Waals surface area contributed by atoms with Gasteiger partial charge in [0.25, 0.3) is 0 Å². The van der Waals surface area contributed by atoms with Gasteiger partial charge < -0.3 is 4.74 Å². The van der Waals surface area contributed by atoms with Crippen molar-refractivity contribution in [3.8, 4) is 0 Å². The average Bonchev–Trinajstić information content (AvgIpc) is 2.66. The number of rotatable bonds is 3. The summed E-state index contributed by atoms with van der Waals surface area (Å²) in [6.07, 6.45) is 1.53. The Kier molecular flexibility index (Phi) is 3.69. The van der Waals surface area contributed by atoms with Crippen molar-refractivity contribution in [2.75, 3.05) is 12.5 Å². The van der Waals surface area contributed by atoms with E-state index >= 15 is 0 Å². The van der Waals surface area contributed by atoms with Gasteiger partial charge in [0, 0.05) is 17.9 Å². The maximum Gasteiger partial charge on any atom is 0.159 e. The topological polar surface area (TPSA) is 9.23 Å². The molecule has 1 aliphatic heterocycles. The van der Waals surface area contributed by atoms with Crippen LogP contribution in [-0.4, -0.2) is 18.6 Å². The molecule has 0 aliphatic carbocycles. The smallest absolute Gasteiger partial charge is 0.159 e. The van der Waals surface area contributed by atoms with Gasteiger partial charge in [0.1, 0.15) is 0 Å². The highest BCUT2D eigenvalue weighted by atomic mass is 35.5. The maximum atomic E-state index is 13.1. The van der Waals surface area contributed by atoms with E-state index in [0.29, 0.717) is 18.9 Å². The third kappa shape index (κ3) is 2.45. The maximum absolute atomic E-state index is 13.1. The molecule has 0 N–H and O–H groups in total. The SMILES string of the molecule is CC1OCCC1(CCl)Cc1ccc(F)c(F)c1. The van der Waals surface area contributed by atoms with E-state index in [-0.39, 0.29) is 11.5 Å². The zero-order chi connectivity index (χ0) is 12.5. The summed E-state index contributed by atoms with van der Waals surface area (Å²) in [5, 5.41) is 0. The van der Waals surface area contributed by atoms with Crippen LogP contribution in [0.5, 0.6) is 0 Å². The fourth-order valence-corrected chi connectivity index (χ4v) is 2.78. The minimum atomic E-state index is -0.815. The van der Waals surface area contributed by atoms with Crippen LogP contribution in [0.15, 0.2) is 18.2 Å². The lowest BCUT2D eigenvalue weighted by Crippen LogP contribution is -2.33. The summed E-state index contributed by atoms with van der Waals surface area (Å²) >= 11 is 6.03. The minimum absolute atomic E-state index is 0.0492. The van der Waals surface area contributed by atoms with E-state index < -0.39 is 11.6 Å². The molecule has 2 atom stereocenters. The lowest BCUT2D eigenvalue weighted by Gasteiger charge is -2.30. The van der Waals surface area contributed by atoms with Crippen LogP contribution in [0.2, 0.25) is 0 Å². The molecule has 1 saturated heterocycles. The fourth-order valence-electron chi connectivity index (χ4n) is 2.33. The predicted molar refractivity (Wildman–Crippen MR) is 63.2 cm³/mol. The van der Waals surface area contributed by atoms with Gasteiger partial charge in [-0.05, 0) is 37.5 Å². The van der Waals surface area contributed by atoms with Crippen molar-refractivity contribution in [2.24, 2.45) is 5.41 Å². The molecule has 2 unspecified atom stereocenters. The molecule has 0 spiro atoms. The highest BCUT2D eigenvalue weighted by molar-refractivity contribution is 6.18. The lowest BCUT2D eigenvalue weighted by atomic mass is 9.78. The van der Waals surface area contributed by atoms with Crippen molar-refractivity contribution in [3.63, 3.8) is 0 Å². The van der Waals surface area contributed by atoms with E-state index in [4.69, 9.17) is 16.3 Å². The van der Waals surface area contributed by atoms with Crippen molar-refractivity contribution < 1.29 is 13.5 Å². The van der Waals surface area contributed by atoms with E-state index in [9.17, 15) is 8.78 Å². The van der Waals surface area contributed by atoms with E-state index in [2.05, 4.69) is 0 Å². The molecule has 1 nitrogen and oxygen atoms in total. The van der Waals surface area contributed by atoms with Crippen molar-refractivity contribution in [3.05, 3.63) is 35.4 Å². The third-order valence-electron chi connectivity index (χ3n) is 3.64. The molecule has 2 rings (SSSR count). The number of halogens is 3. The highest BCUT2D eigenvalue weighted by Gasteiger charge is 2.40. The molecule has 0 radical (unpaired) electrons. The molecular formula is C13H15ClF2O. The van der Waals surface area contributed by atoms with Gasteiger partial charge in [0.2, 0.25) is 0 Å². The third-order valence-corrected chi connectivity index (χ3v) is 4.17. The van der Waals surface area contributed by atoms with E-state index in [1.807, 2.05) is 6.92 Å². The van der Waals surface area contributed by atoms with Crippen LogP contribution in [-0.2, 0) is 11.2 Å². The van der Waals surface area contributed by atoms with Crippen LogP contribution < -0.4 is 0 Å². The number of hydrogen-bond donors (Lipinski definition) is 0. The second-order valence-corrected chi connectivity index (χ2v) is 4.95. The minimum Gasteiger partial charge on any atom is -0.378 e. The lowest BCUT2D eigenvalue weighted by molar-refractivity contribution is 0.0735. The first-order chi connectivity index (χ1) is 8.07. The Morgan fingerprint density at radius 2 is 2.18 bits per heavy atom. The van der Waals surface area contributed by atoms with Crippen molar-refractivity contribution in [1.82, 2.24) is 0 Å². The highest BCUT2D eigenvalue weighted by Crippen LogP contribution is 2.39. The molecule has 17 heavy (non-hydrogen) atoms. The van der Waals surface area contributed by atoms with Crippen LogP contribution >= 0.6 is 11.6 Å². The van der Waals surface area contributed by atoms with Gasteiger partial charge in [0.05, 0.1) is 6.10 Å². The number of benzene rings is 1. The number of ether oxygens (including phenoxy) is 1. The van der Waals surface area contributed by atoms with Crippen LogP contribution in [0.3, 0.4) is 0 Å². The first kappa shape index (κ1) is 12.8. The first-order valence-electron chi connectivity index (χ1n) is 5.69. The summed E-state index contributed by atoms with van der Waals surface area (Å²) in [5.74, 6) is -1.16. The predicted octanol–water partition coefficient (Wildman–Crippen LogP) is 3.54. The molecule has 1 aliphatic rings. The van der Waals surface area contributed by atoms with Crippen molar-refractivity contribution >= 4 is 11.6 Å². The molecule has 1 fully saturated rings. The monoisotopic (exact) mass is 260 g/mol. The van der Waals surface area contributed by atoms with Crippen LogP contribution in [0.1, 0.15) is 18.9 Å². The zero-order valence-electron chi connectivity index (χ0n) is 9.68. The van der Waals surface area contributed by atoms with Crippen molar-refractivity contribution in [1.29, 1.82) is 0 Å². The number of alkyl halides is 1. The van der Waals surface area contributed by atoms with Gasteiger partial charge in [-0.25, -0.2) is 8.78 Å². The van der Waals surface area contributed by atoms with E-state index in [0.717, 1.165) is 18.1 Å². The van der Waals surface area contributed by atoms with E-state index in [1.54, 1.807) is 6.07 Å². The van der Waals surface area contributed by atoms with Gasteiger partial charge in [-0.1, -0.05) is 6.07 Å². The largest absolute Gasteiger partial charge is 0.378 e. The molecule has 0 bridgehead atoms. The summed E-state index contributed by atoms with van der Waals surface area (Å²) in [4.78, 5) is 0. The molecule has 94 valence electrons. The molecule has 1 aromatic rings. The summed E-state index contributed by atoms with van der Waals surface area (Å²) in [6, 6.07) is 4.01. The van der Waals surface area contributed by atoms with E-state index in [1.165, 1.54) is 6.07 Å². The fraction of sp³-hybridized carbons (Fsp3) is 0.538. The van der Waals surface area contributed by atoms with Gasteiger partial charge >= 0.3 is 0 Å². The molecule has 1 heterocycles. The van der Waals surface area contributed by atoms with Gasteiger partial charge in [0.15, 0.2) is 11.6 Å².